The summed E-state index contributed by atoms with van der Waals surface area (Å²) < 4.78 is 82.3. The number of amides is 1. The molecule has 1 heterocycles. The Labute approximate surface area is 181 Å². The summed E-state index contributed by atoms with van der Waals surface area (Å²) in [7, 11) is 0. The first-order valence-corrected chi connectivity index (χ1v) is 9.25. The van der Waals surface area contributed by atoms with E-state index in [0.717, 1.165) is 48.5 Å². The van der Waals surface area contributed by atoms with Crippen molar-refractivity contribution in [1.29, 1.82) is 0 Å². The van der Waals surface area contributed by atoms with Crippen LogP contribution in [0.15, 0.2) is 60.7 Å². The number of anilines is 1. The van der Waals surface area contributed by atoms with E-state index in [1.54, 1.807) is 0 Å². The molecule has 3 N–H and O–H groups in total. The van der Waals surface area contributed by atoms with Crippen molar-refractivity contribution in [3.05, 3.63) is 82.9 Å². The van der Waals surface area contributed by atoms with E-state index < -0.39 is 52.4 Å². The molecule has 0 bridgehead atoms. The van der Waals surface area contributed by atoms with E-state index in [-0.39, 0.29) is 16.7 Å². The Morgan fingerprint density at radius 3 is 2.03 bits per heavy atom. The van der Waals surface area contributed by atoms with Gasteiger partial charge in [-0.3, -0.25) is 4.79 Å². The average Bonchev–Trinajstić information content (AvgIpc) is 3.01. The van der Waals surface area contributed by atoms with Gasteiger partial charge in [0, 0.05) is 5.56 Å². The summed E-state index contributed by atoms with van der Waals surface area (Å²) in [5.74, 6) is -2.70. The van der Waals surface area contributed by atoms with Gasteiger partial charge in [0.15, 0.2) is 11.5 Å². The number of ether oxygens (including phenoxy) is 1. The number of hydrogen-bond donors (Lipinski definition) is 3. The van der Waals surface area contributed by atoms with Crippen LogP contribution in [-0.2, 0) is 16.4 Å². The van der Waals surface area contributed by atoms with Gasteiger partial charge in [-0.25, -0.2) is 0 Å². The van der Waals surface area contributed by atoms with Gasteiger partial charge in [-0.05, 0) is 41.5 Å². The van der Waals surface area contributed by atoms with E-state index in [1.165, 1.54) is 12.1 Å². The van der Waals surface area contributed by atoms with Crippen LogP contribution < -0.4 is 10.1 Å². The number of phenols is 2. The number of para-hydroxylation sites is 1. The molecule has 172 valence electrons. The minimum Gasteiger partial charge on any atom is -0.504 e. The Bertz CT molecular complexity index is 1240. The summed E-state index contributed by atoms with van der Waals surface area (Å²) in [5, 5.41) is 21.9. The lowest BCUT2D eigenvalue weighted by molar-refractivity contribution is -0.274. The van der Waals surface area contributed by atoms with Crippen molar-refractivity contribution >= 4 is 11.6 Å². The highest BCUT2D eigenvalue weighted by Crippen LogP contribution is 2.52. The fraction of sp³-hybridized carbons (Fsp3) is 0.136. The van der Waals surface area contributed by atoms with E-state index in [1.807, 2.05) is 0 Å². The molecule has 1 unspecified atom stereocenters. The van der Waals surface area contributed by atoms with Gasteiger partial charge in [-0.2, -0.15) is 13.2 Å². The molecule has 4 rings (SSSR count). The van der Waals surface area contributed by atoms with Gasteiger partial charge in [0.2, 0.25) is 5.91 Å². The third-order valence-electron chi connectivity index (χ3n) is 5.28. The number of nitrogens with one attached hydrogen (secondary N) is 1. The number of hydrogen-bond acceptors (Lipinski definition) is 4. The van der Waals surface area contributed by atoms with Crippen molar-refractivity contribution in [2.45, 2.75) is 18.0 Å². The van der Waals surface area contributed by atoms with Crippen LogP contribution in [0.1, 0.15) is 22.3 Å². The van der Waals surface area contributed by atoms with Crippen LogP contribution in [0.5, 0.6) is 17.2 Å². The number of rotatable bonds is 3. The van der Waals surface area contributed by atoms with Gasteiger partial charge in [-0.1, -0.05) is 30.3 Å². The molecule has 0 saturated heterocycles. The largest absolute Gasteiger partial charge is 0.573 e. The maximum absolute atomic E-state index is 13.6. The van der Waals surface area contributed by atoms with Crippen LogP contribution in [0.3, 0.4) is 0 Å². The third kappa shape index (κ3) is 3.69. The lowest BCUT2D eigenvalue weighted by Gasteiger charge is -2.29. The second-order valence-electron chi connectivity index (χ2n) is 7.21. The van der Waals surface area contributed by atoms with Gasteiger partial charge in [0.05, 0.1) is 11.3 Å². The first-order valence-electron chi connectivity index (χ1n) is 9.25. The maximum atomic E-state index is 13.6. The van der Waals surface area contributed by atoms with E-state index in [4.69, 9.17) is 0 Å². The summed E-state index contributed by atoms with van der Waals surface area (Å²) in [6.45, 7) is 0. The minimum absolute atomic E-state index is 0.0117. The second kappa shape index (κ2) is 7.32. The quantitative estimate of drug-likeness (QED) is 0.359. The monoisotopic (exact) mass is 469 g/mol. The molecule has 0 radical (unpaired) electrons. The van der Waals surface area contributed by atoms with E-state index in [0.29, 0.717) is 0 Å². The highest BCUT2D eigenvalue weighted by molar-refractivity contribution is 6.12. The SMILES string of the molecule is O=C1Nc2c(C(F)(F)F)cccc2C1(c1ccc(OC(F)(F)F)cc1)c1ccc(O)c(O)c1. The molecule has 0 aliphatic carbocycles. The van der Waals surface area contributed by atoms with Gasteiger partial charge >= 0.3 is 12.5 Å². The van der Waals surface area contributed by atoms with Crippen LogP contribution in [-0.4, -0.2) is 22.5 Å². The topological polar surface area (TPSA) is 78.8 Å². The first-order chi connectivity index (χ1) is 15.3. The molecule has 1 aliphatic rings. The fourth-order valence-corrected chi connectivity index (χ4v) is 3.97. The Kier molecular flexibility index (Phi) is 4.95. The molecule has 5 nitrogen and oxygen atoms in total. The normalized spacial score (nSPS) is 18.1. The molecule has 0 aromatic heterocycles. The number of carbonyl (C=O) groups is 1. The van der Waals surface area contributed by atoms with Crippen LogP contribution in [0.4, 0.5) is 32.0 Å². The Balaban J connectivity index is 1.99. The molecule has 1 aliphatic heterocycles. The zero-order valence-electron chi connectivity index (χ0n) is 16.3. The maximum Gasteiger partial charge on any atom is 0.573 e. The summed E-state index contributed by atoms with van der Waals surface area (Å²) in [4.78, 5) is 13.3. The van der Waals surface area contributed by atoms with Crippen LogP contribution in [0.2, 0.25) is 0 Å². The minimum atomic E-state index is -4.97. The van der Waals surface area contributed by atoms with Crippen molar-refractivity contribution in [3.8, 4) is 17.2 Å². The second-order valence-corrected chi connectivity index (χ2v) is 7.21. The van der Waals surface area contributed by atoms with Crippen LogP contribution in [0.25, 0.3) is 0 Å². The van der Waals surface area contributed by atoms with Crippen molar-refractivity contribution in [2.24, 2.45) is 0 Å². The molecule has 0 saturated carbocycles. The molecule has 1 amide bonds. The molecule has 1 atom stereocenters. The summed E-state index contributed by atoms with van der Waals surface area (Å²) in [6, 6.07) is 10.5. The van der Waals surface area contributed by atoms with Crippen molar-refractivity contribution in [3.63, 3.8) is 0 Å². The van der Waals surface area contributed by atoms with Crippen molar-refractivity contribution in [1.82, 2.24) is 0 Å². The van der Waals surface area contributed by atoms with Gasteiger partial charge in [-0.15, -0.1) is 13.2 Å². The Hall–Kier alpha value is -3.89. The third-order valence-corrected chi connectivity index (χ3v) is 5.28. The standard InChI is InChI=1S/C22H13F6NO4/c23-21(24,25)15-3-1-2-14-18(15)29-19(32)20(14,12-6-9-16(30)17(31)10-12)11-4-7-13(8-5-11)33-22(26,27)28/h1-10,30-31H,(H,29,32). The molecule has 0 fully saturated rings. The molecule has 11 heteroatoms. The number of aromatic hydroxyl groups is 2. The van der Waals surface area contributed by atoms with Crippen molar-refractivity contribution in [2.75, 3.05) is 5.32 Å². The van der Waals surface area contributed by atoms with Crippen LogP contribution >= 0.6 is 0 Å². The Morgan fingerprint density at radius 2 is 1.45 bits per heavy atom. The highest BCUT2D eigenvalue weighted by Gasteiger charge is 2.52. The van der Waals surface area contributed by atoms with Gasteiger partial charge in [0.1, 0.15) is 11.2 Å². The summed E-state index contributed by atoms with van der Waals surface area (Å²) in [5.41, 5.74) is -3.74. The molecule has 3 aromatic rings. The zero-order chi connectivity index (χ0) is 24.2. The fourth-order valence-electron chi connectivity index (χ4n) is 3.97. The number of fused-ring (bicyclic) bond motifs is 1. The number of carbonyl (C=O) groups excluding carboxylic acids is 1. The molecular formula is C22H13F6NO4. The van der Waals surface area contributed by atoms with Crippen molar-refractivity contribution < 1.29 is 46.1 Å². The number of phenolic OH excluding ortho intramolecular Hbond substituents is 2. The van der Waals surface area contributed by atoms with Crippen LogP contribution in [0, 0.1) is 0 Å². The van der Waals surface area contributed by atoms with E-state index >= 15 is 0 Å². The zero-order valence-corrected chi connectivity index (χ0v) is 16.3. The number of alkyl halides is 6. The lowest BCUT2D eigenvalue weighted by Crippen LogP contribution is -2.37. The molecule has 3 aromatic carbocycles. The van der Waals surface area contributed by atoms with E-state index in [9.17, 15) is 41.4 Å². The number of benzene rings is 3. The average molecular weight is 469 g/mol. The first kappa shape index (κ1) is 22.3. The predicted octanol–water partition coefficient (Wildman–Crippen LogP) is 5.30. The van der Waals surface area contributed by atoms with Gasteiger partial charge < -0.3 is 20.3 Å². The molecule has 0 spiro atoms. The smallest absolute Gasteiger partial charge is 0.504 e. The number of halogens is 6. The van der Waals surface area contributed by atoms with E-state index in [2.05, 4.69) is 10.1 Å². The van der Waals surface area contributed by atoms with Gasteiger partial charge in [0.25, 0.3) is 0 Å². The summed E-state index contributed by atoms with van der Waals surface area (Å²) >= 11 is 0. The predicted molar refractivity (Wildman–Crippen MR) is 103 cm³/mol. The Morgan fingerprint density at radius 1 is 0.818 bits per heavy atom. The summed E-state index contributed by atoms with van der Waals surface area (Å²) in [6.07, 6.45) is -9.78. The molecular weight excluding hydrogens is 456 g/mol. The lowest BCUT2D eigenvalue weighted by atomic mass is 9.70. The highest BCUT2D eigenvalue weighted by atomic mass is 19.4. The molecule has 33 heavy (non-hydrogen) atoms.